The lowest BCUT2D eigenvalue weighted by Gasteiger charge is -2.28. The van der Waals surface area contributed by atoms with E-state index in [1.54, 1.807) is 0 Å². The summed E-state index contributed by atoms with van der Waals surface area (Å²) >= 11 is 0. The van der Waals surface area contributed by atoms with E-state index < -0.39 is 17.8 Å². The van der Waals surface area contributed by atoms with Crippen LogP contribution in [-0.2, 0) is 10.9 Å². The van der Waals surface area contributed by atoms with E-state index in [1.807, 2.05) is 0 Å². The molecule has 0 saturated carbocycles. The first-order valence-electron chi connectivity index (χ1n) is 6.80. The molecule has 124 valence electrons. The number of benzene rings is 1. The van der Waals surface area contributed by atoms with E-state index in [1.165, 1.54) is 49.8 Å². The molecular formula is C16H16F3NO3. The highest BCUT2D eigenvalue weighted by Gasteiger charge is 2.32. The van der Waals surface area contributed by atoms with Gasteiger partial charge in [-0.2, -0.15) is 13.2 Å². The highest BCUT2D eigenvalue weighted by atomic mass is 19.4. The van der Waals surface area contributed by atoms with Crippen LogP contribution in [0.15, 0.2) is 47.3 Å². The van der Waals surface area contributed by atoms with E-state index in [4.69, 9.17) is 9.15 Å². The predicted octanol–water partition coefficient (Wildman–Crippen LogP) is 3.76. The lowest BCUT2D eigenvalue weighted by atomic mass is 10.0. The third-order valence-electron chi connectivity index (χ3n) is 3.48. The van der Waals surface area contributed by atoms with E-state index >= 15 is 0 Å². The van der Waals surface area contributed by atoms with Gasteiger partial charge in [0.2, 0.25) is 0 Å². The quantitative estimate of drug-likeness (QED) is 0.840. The van der Waals surface area contributed by atoms with E-state index in [0.29, 0.717) is 11.1 Å². The van der Waals surface area contributed by atoms with Crippen LogP contribution in [0.4, 0.5) is 13.2 Å². The lowest BCUT2D eigenvalue weighted by molar-refractivity contribution is -0.137. The van der Waals surface area contributed by atoms with Crippen LogP contribution in [-0.4, -0.2) is 31.6 Å². The summed E-state index contributed by atoms with van der Waals surface area (Å²) in [6.45, 7) is 0.0708. The number of ether oxygens (including phenoxy) is 1. The molecule has 0 fully saturated rings. The van der Waals surface area contributed by atoms with Crippen molar-refractivity contribution < 1.29 is 27.1 Å². The van der Waals surface area contributed by atoms with Gasteiger partial charge in [-0.25, -0.2) is 0 Å². The number of nitrogens with zero attached hydrogens (tertiary/aromatic N) is 1. The van der Waals surface area contributed by atoms with Crippen molar-refractivity contribution in [2.24, 2.45) is 0 Å². The van der Waals surface area contributed by atoms with Crippen molar-refractivity contribution >= 4 is 5.91 Å². The second-order valence-corrected chi connectivity index (χ2v) is 5.02. The van der Waals surface area contributed by atoms with E-state index in [9.17, 15) is 18.0 Å². The van der Waals surface area contributed by atoms with Crippen LogP contribution < -0.4 is 0 Å². The fraction of sp³-hybridized carbons (Fsp3) is 0.312. The van der Waals surface area contributed by atoms with Crippen LogP contribution in [0.1, 0.15) is 27.5 Å². The molecular weight excluding hydrogens is 311 g/mol. The molecule has 0 spiro atoms. The van der Waals surface area contributed by atoms with Crippen molar-refractivity contribution in [1.29, 1.82) is 0 Å². The summed E-state index contributed by atoms with van der Waals surface area (Å²) < 4.78 is 48.6. The molecule has 23 heavy (non-hydrogen) atoms. The molecule has 0 aliphatic rings. The minimum Gasteiger partial charge on any atom is -0.472 e. The van der Waals surface area contributed by atoms with Gasteiger partial charge >= 0.3 is 6.18 Å². The van der Waals surface area contributed by atoms with Crippen LogP contribution in [0.25, 0.3) is 0 Å². The summed E-state index contributed by atoms with van der Waals surface area (Å²) in [4.78, 5) is 13.7. The number of carbonyl (C=O) groups is 1. The highest BCUT2D eigenvalue weighted by Crippen LogP contribution is 2.32. The molecule has 0 saturated heterocycles. The standard InChI is InChI=1S/C16H16F3NO3/c1-20(15(21)12-6-7-23-9-12)14(10-22-2)11-4-3-5-13(8-11)16(17,18)19/h3-9,14H,10H2,1-2H3/t14-/m0/s1. The molecule has 1 heterocycles. The van der Waals surface area contributed by atoms with Gasteiger partial charge in [0.25, 0.3) is 5.91 Å². The van der Waals surface area contributed by atoms with Crippen LogP contribution in [0.3, 0.4) is 0 Å². The van der Waals surface area contributed by atoms with Crippen molar-refractivity contribution in [2.45, 2.75) is 12.2 Å². The third-order valence-corrected chi connectivity index (χ3v) is 3.48. The van der Waals surface area contributed by atoms with Crippen molar-refractivity contribution in [3.8, 4) is 0 Å². The van der Waals surface area contributed by atoms with Gasteiger partial charge in [0.1, 0.15) is 6.26 Å². The maximum atomic E-state index is 12.9. The monoisotopic (exact) mass is 327 g/mol. The number of hydrogen-bond acceptors (Lipinski definition) is 3. The summed E-state index contributed by atoms with van der Waals surface area (Å²) in [5, 5.41) is 0. The molecule has 2 aromatic rings. The number of hydrogen-bond donors (Lipinski definition) is 0. The number of methoxy groups -OCH3 is 1. The minimum absolute atomic E-state index is 0.0708. The molecule has 1 aromatic carbocycles. The first-order valence-corrected chi connectivity index (χ1v) is 6.80. The van der Waals surface area contributed by atoms with Crippen LogP contribution in [0, 0.1) is 0 Å². The maximum Gasteiger partial charge on any atom is 0.416 e. The first-order chi connectivity index (χ1) is 10.8. The molecule has 0 aliphatic heterocycles. The number of likely N-dealkylation sites (N-methyl/N-ethyl adjacent to an activating group) is 1. The van der Waals surface area contributed by atoms with Gasteiger partial charge in [-0.05, 0) is 23.8 Å². The number of furan rings is 1. The summed E-state index contributed by atoms with van der Waals surface area (Å²) in [5.41, 5.74) is -0.0955. The highest BCUT2D eigenvalue weighted by molar-refractivity contribution is 5.93. The molecule has 2 rings (SSSR count). The van der Waals surface area contributed by atoms with E-state index in [-0.39, 0.29) is 12.5 Å². The topological polar surface area (TPSA) is 42.7 Å². The Labute approximate surface area is 131 Å². The average Bonchev–Trinajstić information content (AvgIpc) is 3.05. The molecule has 0 aliphatic carbocycles. The van der Waals surface area contributed by atoms with Crippen LogP contribution >= 0.6 is 0 Å². The second-order valence-electron chi connectivity index (χ2n) is 5.02. The molecule has 1 atom stereocenters. The lowest BCUT2D eigenvalue weighted by Crippen LogP contribution is -2.33. The van der Waals surface area contributed by atoms with Crippen molar-refractivity contribution in [3.05, 3.63) is 59.5 Å². The number of amides is 1. The zero-order valence-electron chi connectivity index (χ0n) is 12.6. The Bertz CT molecular complexity index is 653. The molecule has 0 N–H and O–H groups in total. The van der Waals surface area contributed by atoms with Gasteiger partial charge in [-0.15, -0.1) is 0 Å². The third kappa shape index (κ3) is 3.92. The maximum absolute atomic E-state index is 12.9. The second kappa shape index (κ2) is 6.87. The zero-order chi connectivity index (χ0) is 17.0. The number of alkyl halides is 3. The Kier molecular flexibility index (Phi) is 5.10. The Morgan fingerprint density at radius 3 is 2.65 bits per heavy atom. The van der Waals surface area contributed by atoms with E-state index in [0.717, 1.165) is 12.1 Å². The fourth-order valence-corrected chi connectivity index (χ4v) is 2.24. The predicted molar refractivity (Wildman–Crippen MR) is 76.9 cm³/mol. The minimum atomic E-state index is -4.44. The van der Waals surface area contributed by atoms with Gasteiger partial charge in [0.15, 0.2) is 0 Å². The first kappa shape index (κ1) is 17.1. The van der Waals surface area contributed by atoms with Gasteiger partial charge in [0.05, 0.1) is 30.0 Å². The van der Waals surface area contributed by atoms with Gasteiger partial charge < -0.3 is 14.1 Å². The number of rotatable bonds is 5. The molecule has 0 bridgehead atoms. The van der Waals surface area contributed by atoms with Gasteiger partial charge in [-0.1, -0.05) is 12.1 Å². The SMILES string of the molecule is COC[C@@H](c1cccc(C(F)(F)F)c1)N(C)C(=O)c1ccoc1. The van der Waals surface area contributed by atoms with Crippen molar-refractivity contribution in [1.82, 2.24) is 4.90 Å². The summed E-state index contributed by atoms with van der Waals surface area (Å²) in [5.74, 6) is -0.363. The van der Waals surface area contributed by atoms with Crippen LogP contribution in [0.5, 0.6) is 0 Å². The van der Waals surface area contributed by atoms with Gasteiger partial charge in [0, 0.05) is 14.2 Å². The Morgan fingerprint density at radius 2 is 2.09 bits per heavy atom. The van der Waals surface area contributed by atoms with Crippen molar-refractivity contribution in [2.75, 3.05) is 20.8 Å². The molecule has 1 amide bonds. The molecule has 1 aromatic heterocycles. The normalized spacial score (nSPS) is 12.9. The van der Waals surface area contributed by atoms with Gasteiger partial charge in [-0.3, -0.25) is 4.79 Å². The Morgan fingerprint density at radius 1 is 1.35 bits per heavy atom. The molecule has 7 heteroatoms. The molecule has 4 nitrogen and oxygen atoms in total. The van der Waals surface area contributed by atoms with E-state index in [2.05, 4.69) is 0 Å². The zero-order valence-corrected chi connectivity index (χ0v) is 12.6. The Balaban J connectivity index is 2.33. The molecule has 0 unspecified atom stereocenters. The molecule has 0 radical (unpaired) electrons. The summed E-state index contributed by atoms with van der Waals surface area (Å²) in [6.07, 6.45) is -1.80. The fourth-order valence-electron chi connectivity index (χ4n) is 2.24. The van der Waals surface area contributed by atoms with Crippen molar-refractivity contribution in [3.63, 3.8) is 0 Å². The summed E-state index contributed by atoms with van der Waals surface area (Å²) in [7, 11) is 2.94. The number of carbonyl (C=O) groups excluding carboxylic acids is 1. The average molecular weight is 327 g/mol. The summed E-state index contributed by atoms with van der Waals surface area (Å²) in [6, 6.07) is 5.72. The largest absolute Gasteiger partial charge is 0.472 e. The van der Waals surface area contributed by atoms with Crippen LogP contribution in [0.2, 0.25) is 0 Å². The Hall–Kier alpha value is -2.28. The smallest absolute Gasteiger partial charge is 0.416 e. The number of halogens is 3.